The van der Waals surface area contributed by atoms with Gasteiger partial charge in [-0.15, -0.1) is 0 Å². The second-order valence-electron chi connectivity index (χ2n) is 6.17. The molecule has 8 heteroatoms. The summed E-state index contributed by atoms with van der Waals surface area (Å²) in [6, 6.07) is 12.8. The fraction of sp³-hybridized carbons (Fsp3) is 0.222. The standard InChI is InChI=1S/C18H19N3O4S/c1-20(2)14-8-6-13(7-9-14)19-26(24,25)16-5-3-4-15(12-16)21-17(22)10-11-18(21)23/h3-9,12,19H,10-11H2,1-2H3. The van der Waals surface area contributed by atoms with Gasteiger partial charge in [-0.3, -0.25) is 19.2 Å². The van der Waals surface area contributed by atoms with Crippen molar-refractivity contribution in [3.05, 3.63) is 48.5 Å². The molecule has 0 bridgehead atoms. The Kier molecular flexibility index (Phi) is 4.69. The summed E-state index contributed by atoms with van der Waals surface area (Å²) in [4.78, 5) is 26.6. The smallest absolute Gasteiger partial charge is 0.261 e. The highest BCUT2D eigenvalue weighted by Gasteiger charge is 2.31. The van der Waals surface area contributed by atoms with Gasteiger partial charge in [0.2, 0.25) is 11.8 Å². The van der Waals surface area contributed by atoms with Gasteiger partial charge in [0, 0.05) is 38.3 Å². The van der Waals surface area contributed by atoms with Gasteiger partial charge in [-0.05, 0) is 42.5 Å². The first-order chi connectivity index (χ1) is 12.3. The number of imide groups is 1. The van der Waals surface area contributed by atoms with E-state index in [0.717, 1.165) is 10.6 Å². The lowest BCUT2D eigenvalue weighted by molar-refractivity contribution is -0.121. The van der Waals surface area contributed by atoms with E-state index in [9.17, 15) is 18.0 Å². The van der Waals surface area contributed by atoms with Crippen molar-refractivity contribution in [2.75, 3.05) is 28.6 Å². The van der Waals surface area contributed by atoms with Crippen molar-refractivity contribution in [1.29, 1.82) is 0 Å². The number of nitrogens with one attached hydrogen (secondary N) is 1. The van der Waals surface area contributed by atoms with Crippen LogP contribution in [0.1, 0.15) is 12.8 Å². The summed E-state index contributed by atoms with van der Waals surface area (Å²) in [5, 5.41) is 0. The van der Waals surface area contributed by atoms with Crippen molar-refractivity contribution in [3.63, 3.8) is 0 Å². The van der Waals surface area contributed by atoms with Gasteiger partial charge in [0.25, 0.3) is 10.0 Å². The van der Waals surface area contributed by atoms with Crippen LogP contribution in [0.15, 0.2) is 53.4 Å². The van der Waals surface area contributed by atoms with Crippen LogP contribution >= 0.6 is 0 Å². The summed E-state index contributed by atoms with van der Waals surface area (Å²) < 4.78 is 27.8. The number of anilines is 3. The number of carbonyl (C=O) groups is 2. The Morgan fingerprint density at radius 2 is 1.58 bits per heavy atom. The Labute approximate surface area is 152 Å². The molecule has 1 N–H and O–H groups in total. The van der Waals surface area contributed by atoms with E-state index in [-0.39, 0.29) is 35.2 Å². The van der Waals surface area contributed by atoms with E-state index in [0.29, 0.717) is 5.69 Å². The molecular weight excluding hydrogens is 354 g/mol. The summed E-state index contributed by atoms with van der Waals surface area (Å²) >= 11 is 0. The molecule has 0 saturated carbocycles. The van der Waals surface area contributed by atoms with Gasteiger partial charge in [0.05, 0.1) is 10.6 Å². The Hall–Kier alpha value is -2.87. The highest BCUT2D eigenvalue weighted by Crippen LogP contribution is 2.26. The minimum Gasteiger partial charge on any atom is -0.378 e. The first-order valence-corrected chi connectivity index (χ1v) is 9.52. The molecule has 2 aromatic rings. The number of carbonyl (C=O) groups excluding carboxylic acids is 2. The van der Waals surface area contributed by atoms with E-state index in [1.54, 1.807) is 30.3 Å². The van der Waals surface area contributed by atoms with Crippen LogP contribution in [0.2, 0.25) is 0 Å². The monoisotopic (exact) mass is 373 g/mol. The molecule has 1 aliphatic heterocycles. The SMILES string of the molecule is CN(C)c1ccc(NS(=O)(=O)c2cccc(N3C(=O)CCC3=O)c2)cc1. The third kappa shape index (κ3) is 3.55. The maximum absolute atomic E-state index is 12.6. The number of hydrogen-bond donors (Lipinski definition) is 1. The van der Waals surface area contributed by atoms with Crippen LogP contribution in [0.25, 0.3) is 0 Å². The maximum Gasteiger partial charge on any atom is 0.261 e. The van der Waals surface area contributed by atoms with Gasteiger partial charge in [-0.25, -0.2) is 8.42 Å². The van der Waals surface area contributed by atoms with Gasteiger partial charge < -0.3 is 4.90 Å². The molecule has 0 aromatic heterocycles. The van der Waals surface area contributed by atoms with Gasteiger partial charge in [-0.2, -0.15) is 0 Å². The van der Waals surface area contributed by atoms with Crippen LogP contribution in [0, 0.1) is 0 Å². The van der Waals surface area contributed by atoms with E-state index >= 15 is 0 Å². The largest absolute Gasteiger partial charge is 0.378 e. The number of hydrogen-bond acceptors (Lipinski definition) is 5. The minimum absolute atomic E-state index is 0.0146. The zero-order valence-electron chi connectivity index (χ0n) is 14.5. The first-order valence-electron chi connectivity index (χ1n) is 8.04. The molecule has 2 amide bonds. The highest BCUT2D eigenvalue weighted by atomic mass is 32.2. The van der Waals surface area contributed by atoms with Crippen molar-refractivity contribution < 1.29 is 18.0 Å². The van der Waals surface area contributed by atoms with Crippen LogP contribution in [0.3, 0.4) is 0 Å². The number of rotatable bonds is 5. The summed E-state index contributed by atoms with van der Waals surface area (Å²) in [6.45, 7) is 0. The minimum atomic E-state index is -3.85. The van der Waals surface area contributed by atoms with Crippen molar-refractivity contribution >= 4 is 38.9 Å². The van der Waals surface area contributed by atoms with E-state index in [2.05, 4.69) is 4.72 Å². The number of sulfonamides is 1. The topological polar surface area (TPSA) is 86.8 Å². The molecule has 0 unspecified atom stereocenters. The average Bonchev–Trinajstić information content (AvgIpc) is 2.94. The van der Waals surface area contributed by atoms with Crippen LogP contribution in [0.4, 0.5) is 17.1 Å². The molecule has 0 spiro atoms. The first kappa shape index (κ1) is 17.9. The van der Waals surface area contributed by atoms with Crippen molar-refractivity contribution in [2.24, 2.45) is 0 Å². The van der Waals surface area contributed by atoms with Gasteiger partial charge in [-0.1, -0.05) is 6.07 Å². The zero-order chi connectivity index (χ0) is 18.9. The van der Waals surface area contributed by atoms with Crippen LogP contribution in [0.5, 0.6) is 0 Å². The van der Waals surface area contributed by atoms with Crippen molar-refractivity contribution in [3.8, 4) is 0 Å². The Morgan fingerprint density at radius 3 is 2.15 bits per heavy atom. The molecule has 1 saturated heterocycles. The Morgan fingerprint density at radius 1 is 0.962 bits per heavy atom. The molecule has 1 heterocycles. The van der Waals surface area contributed by atoms with Gasteiger partial charge in [0.15, 0.2) is 0 Å². The average molecular weight is 373 g/mol. The van der Waals surface area contributed by atoms with Crippen molar-refractivity contribution in [1.82, 2.24) is 0 Å². The van der Waals surface area contributed by atoms with Gasteiger partial charge >= 0.3 is 0 Å². The lowest BCUT2D eigenvalue weighted by Crippen LogP contribution is -2.28. The van der Waals surface area contributed by atoms with Gasteiger partial charge in [0.1, 0.15) is 0 Å². The molecule has 26 heavy (non-hydrogen) atoms. The van der Waals surface area contributed by atoms with Crippen LogP contribution in [-0.2, 0) is 19.6 Å². The molecular formula is C18H19N3O4S. The fourth-order valence-corrected chi connectivity index (χ4v) is 3.79. The molecule has 0 aliphatic carbocycles. The summed E-state index contributed by atoms with van der Waals surface area (Å²) in [5.74, 6) is -0.645. The number of benzene rings is 2. The normalized spacial score (nSPS) is 14.6. The van der Waals surface area contributed by atoms with E-state index < -0.39 is 10.0 Å². The third-order valence-corrected chi connectivity index (χ3v) is 5.45. The molecule has 1 aliphatic rings. The summed E-state index contributed by atoms with van der Waals surface area (Å²) in [5.41, 5.74) is 1.64. The predicted molar refractivity (Wildman–Crippen MR) is 99.7 cm³/mol. The lowest BCUT2D eigenvalue weighted by Gasteiger charge is -2.16. The van der Waals surface area contributed by atoms with Crippen LogP contribution in [-0.4, -0.2) is 34.3 Å². The Bertz CT molecular complexity index is 937. The van der Waals surface area contributed by atoms with Crippen LogP contribution < -0.4 is 14.5 Å². The third-order valence-electron chi connectivity index (χ3n) is 4.07. The molecule has 7 nitrogen and oxygen atoms in total. The highest BCUT2D eigenvalue weighted by molar-refractivity contribution is 7.92. The Balaban J connectivity index is 1.86. The van der Waals surface area contributed by atoms with E-state index in [4.69, 9.17) is 0 Å². The van der Waals surface area contributed by atoms with E-state index in [1.165, 1.54) is 18.2 Å². The zero-order valence-corrected chi connectivity index (χ0v) is 15.3. The number of nitrogens with zero attached hydrogens (tertiary/aromatic N) is 2. The van der Waals surface area contributed by atoms with Crippen molar-refractivity contribution in [2.45, 2.75) is 17.7 Å². The predicted octanol–water partition coefficient (Wildman–Crippen LogP) is 2.21. The van der Waals surface area contributed by atoms with E-state index in [1.807, 2.05) is 19.0 Å². The molecule has 1 fully saturated rings. The molecule has 2 aromatic carbocycles. The molecule has 3 rings (SSSR count). The molecule has 0 radical (unpaired) electrons. The number of amides is 2. The lowest BCUT2D eigenvalue weighted by atomic mass is 10.3. The maximum atomic E-state index is 12.6. The fourth-order valence-electron chi connectivity index (χ4n) is 2.70. The summed E-state index contributed by atoms with van der Waals surface area (Å²) in [6.07, 6.45) is 0.290. The molecule has 0 atom stereocenters. The second kappa shape index (κ2) is 6.80. The second-order valence-corrected chi connectivity index (χ2v) is 7.85. The quantitative estimate of drug-likeness (QED) is 0.812. The molecule has 136 valence electrons. The summed E-state index contributed by atoms with van der Waals surface area (Å²) in [7, 11) is -0.0574.